The van der Waals surface area contributed by atoms with Crippen LogP contribution in [0.4, 0.5) is 5.69 Å². The number of ether oxygens (including phenoxy) is 1. The smallest absolute Gasteiger partial charge is 0.160 e. The second-order valence-electron chi connectivity index (χ2n) is 4.45. The summed E-state index contributed by atoms with van der Waals surface area (Å²) < 4.78 is 5.31. The van der Waals surface area contributed by atoms with Gasteiger partial charge in [-0.2, -0.15) is 0 Å². The van der Waals surface area contributed by atoms with E-state index >= 15 is 0 Å². The van der Waals surface area contributed by atoms with Crippen LogP contribution in [0.3, 0.4) is 0 Å². The molecule has 1 unspecified atom stereocenters. The molecule has 0 amide bonds. The van der Waals surface area contributed by atoms with Crippen LogP contribution in [0, 0.1) is 6.92 Å². The lowest BCUT2D eigenvalue weighted by Crippen LogP contribution is -2.08. The first kappa shape index (κ1) is 13.7. The van der Waals surface area contributed by atoms with Crippen LogP contribution >= 0.6 is 11.6 Å². The highest BCUT2D eigenvalue weighted by Gasteiger charge is 2.10. The summed E-state index contributed by atoms with van der Waals surface area (Å²) >= 11 is 6.01. The maximum atomic E-state index is 6.01. The molecule has 1 N–H and O–H groups in total. The van der Waals surface area contributed by atoms with Crippen LogP contribution in [0.15, 0.2) is 36.5 Å². The SMILES string of the molecule is COc1cnc(C)cc1NC(C)c1cccc(Cl)c1. The quantitative estimate of drug-likeness (QED) is 0.908. The third kappa shape index (κ3) is 3.38. The van der Waals surface area contributed by atoms with Crippen molar-refractivity contribution >= 4 is 17.3 Å². The average Bonchev–Trinajstić information content (AvgIpc) is 2.39. The van der Waals surface area contributed by atoms with Gasteiger partial charge in [-0.25, -0.2) is 0 Å². The number of aryl methyl sites for hydroxylation is 1. The molecule has 2 aromatic rings. The molecule has 1 aromatic heterocycles. The van der Waals surface area contributed by atoms with Crippen molar-refractivity contribution in [3.63, 3.8) is 0 Å². The van der Waals surface area contributed by atoms with Gasteiger partial charge in [0.2, 0.25) is 0 Å². The Bertz CT molecular complexity index is 572. The van der Waals surface area contributed by atoms with E-state index in [4.69, 9.17) is 16.3 Å². The summed E-state index contributed by atoms with van der Waals surface area (Å²) in [5, 5.41) is 4.16. The molecular formula is C15H17ClN2O. The van der Waals surface area contributed by atoms with Crippen molar-refractivity contribution < 1.29 is 4.74 Å². The van der Waals surface area contributed by atoms with Crippen molar-refractivity contribution in [2.45, 2.75) is 19.9 Å². The second kappa shape index (κ2) is 5.93. The fraction of sp³-hybridized carbons (Fsp3) is 0.267. The van der Waals surface area contributed by atoms with Crippen molar-refractivity contribution in [2.75, 3.05) is 12.4 Å². The molecule has 100 valence electrons. The molecule has 2 rings (SSSR count). The molecule has 0 saturated heterocycles. The predicted molar refractivity (Wildman–Crippen MR) is 79.0 cm³/mol. The Kier molecular flexibility index (Phi) is 4.27. The maximum Gasteiger partial charge on any atom is 0.160 e. The number of pyridine rings is 1. The molecule has 0 fully saturated rings. The van der Waals surface area contributed by atoms with Gasteiger partial charge in [0.1, 0.15) is 0 Å². The molecule has 1 heterocycles. The van der Waals surface area contributed by atoms with Gasteiger partial charge < -0.3 is 10.1 Å². The molecule has 0 aliphatic carbocycles. The first-order valence-electron chi connectivity index (χ1n) is 6.13. The molecule has 0 radical (unpaired) electrons. The molecule has 0 aliphatic rings. The van der Waals surface area contributed by atoms with Crippen molar-refractivity contribution in [2.24, 2.45) is 0 Å². The predicted octanol–water partition coefficient (Wildman–Crippen LogP) is 4.23. The third-order valence-electron chi connectivity index (χ3n) is 2.94. The zero-order chi connectivity index (χ0) is 13.8. The fourth-order valence-electron chi connectivity index (χ4n) is 1.92. The summed E-state index contributed by atoms with van der Waals surface area (Å²) in [6.45, 7) is 4.04. The molecule has 0 saturated carbocycles. The van der Waals surface area contributed by atoms with Gasteiger partial charge >= 0.3 is 0 Å². The molecule has 19 heavy (non-hydrogen) atoms. The standard InChI is InChI=1S/C15H17ClN2O/c1-10-7-14(15(19-3)9-17-10)18-11(2)12-5-4-6-13(16)8-12/h4-9,11H,1-3H3,(H,17,18). The second-order valence-corrected chi connectivity index (χ2v) is 4.88. The highest BCUT2D eigenvalue weighted by Crippen LogP contribution is 2.28. The minimum atomic E-state index is 0.134. The Hall–Kier alpha value is -1.74. The van der Waals surface area contributed by atoms with Gasteiger partial charge in [0.05, 0.1) is 19.0 Å². The van der Waals surface area contributed by atoms with E-state index in [1.165, 1.54) is 0 Å². The van der Waals surface area contributed by atoms with Crippen LogP contribution in [0.1, 0.15) is 24.2 Å². The maximum absolute atomic E-state index is 6.01. The normalized spacial score (nSPS) is 12.0. The van der Waals surface area contributed by atoms with Gasteiger partial charge in [0.25, 0.3) is 0 Å². The summed E-state index contributed by atoms with van der Waals surface area (Å²) in [5.74, 6) is 0.736. The van der Waals surface area contributed by atoms with Crippen LogP contribution in [-0.4, -0.2) is 12.1 Å². The average molecular weight is 277 g/mol. The fourth-order valence-corrected chi connectivity index (χ4v) is 2.11. The van der Waals surface area contributed by atoms with Gasteiger partial charge in [0, 0.05) is 16.8 Å². The Morgan fingerprint density at radius 1 is 1.32 bits per heavy atom. The van der Waals surface area contributed by atoms with E-state index in [9.17, 15) is 0 Å². The Labute approximate surface area is 118 Å². The largest absolute Gasteiger partial charge is 0.493 e. The highest BCUT2D eigenvalue weighted by atomic mass is 35.5. The van der Waals surface area contributed by atoms with Crippen molar-refractivity contribution in [3.05, 3.63) is 52.8 Å². The molecule has 1 atom stereocenters. The molecule has 0 spiro atoms. The lowest BCUT2D eigenvalue weighted by atomic mass is 10.1. The zero-order valence-electron chi connectivity index (χ0n) is 11.3. The number of anilines is 1. The number of hydrogen-bond donors (Lipinski definition) is 1. The number of methoxy groups -OCH3 is 1. The number of nitrogens with zero attached hydrogens (tertiary/aromatic N) is 1. The molecule has 3 nitrogen and oxygen atoms in total. The topological polar surface area (TPSA) is 34.1 Å². The van der Waals surface area contributed by atoms with Crippen LogP contribution in [-0.2, 0) is 0 Å². The van der Waals surface area contributed by atoms with E-state index in [1.807, 2.05) is 37.3 Å². The minimum Gasteiger partial charge on any atom is -0.493 e. The lowest BCUT2D eigenvalue weighted by molar-refractivity contribution is 0.414. The minimum absolute atomic E-state index is 0.134. The molecule has 0 bridgehead atoms. The van der Waals surface area contributed by atoms with E-state index in [0.29, 0.717) is 0 Å². The summed E-state index contributed by atoms with van der Waals surface area (Å²) in [5.41, 5.74) is 3.01. The number of halogens is 1. The third-order valence-corrected chi connectivity index (χ3v) is 3.18. The lowest BCUT2D eigenvalue weighted by Gasteiger charge is -2.18. The Morgan fingerprint density at radius 2 is 2.11 bits per heavy atom. The number of rotatable bonds is 4. The summed E-state index contributed by atoms with van der Waals surface area (Å²) in [6, 6.07) is 9.93. The molecule has 4 heteroatoms. The van der Waals surface area contributed by atoms with E-state index in [0.717, 1.165) is 27.7 Å². The first-order valence-corrected chi connectivity index (χ1v) is 6.50. The van der Waals surface area contributed by atoms with E-state index in [1.54, 1.807) is 13.3 Å². The van der Waals surface area contributed by atoms with Gasteiger partial charge in [-0.15, -0.1) is 0 Å². The Balaban J connectivity index is 2.23. The Morgan fingerprint density at radius 3 is 2.79 bits per heavy atom. The van der Waals surface area contributed by atoms with Gasteiger partial charge in [-0.3, -0.25) is 4.98 Å². The van der Waals surface area contributed by atoms with E-state index in [-0.39, 0.29) is 6.04 Å². The van der Waals surface area contributed by atoms with Crippen LogP contribution in [0.25, 0.3) is 0 Å². The van der Waals surface area contributed by atoms with Crippen molar-refractivity contribution in [1.82, 2.24) is 4.98 Å². The van der Waals surface area contributed by atoms with E-state index in [2.05, 4.69) is 17.2 Å². The highest BCUT2D eigenvalue weighted by molar-refractivity contribution is 6.30. The number of nitrogens with one attached hydrogen (secondary N) is 1. The van der Waals surface area contributed by atoms with Crippen molar-refractivity contribution in [1.29, 1.82) is 0 Å². The zero-order valence-corrected chi connectivity index (χ0v) is 12.0. The van der Waals surface area contributed by atoms with Gasteiger partial charge in [-0.1, -0.05) is 23.7 Å². The summed E-state index contributed by atoms with van der Waals surface area (Å²) in [6.07, 6.45) is 1.72. The van der Waals surface area contributed by atoms with Crippen LogP contribution < -0.4 is 10.1 Å². The summed E-state index contributed by atoms with van der Waals surface area (Å²) in [4.78, 5) is 4.22. The number of hydrogen-bond acceptors (Lipinski definition) is 3. The molecule has 0 aliphatic heterocycles. The van der Waals surface area contributed by atoms with Crippen molar-refractivity contribution in [3.8, 4) is 5.75 Å². The van der Waals surface area contributed by atoms with Gasteiger partial charge in [0.15, 0.2) is 5.75 Å². The van der Waals surface area contributed by atoms with Crippen LogP contribution in [0.5, 0.6) is 5.75 Å². The number of benzene rings is 1. The monoisotopic (exact) mass is 276 g/mol. The number of aromatic nitrogens is 1. The molecular weight excluding hydrogens is 260 g/mol. The van der Waals surface area contributed by atoms with E-state index < -0.39 is 0 Å². The van der Waals surface area contributed by atoms with Crippen LogP contribution in [0.2, 0.25) is 5.02 Å². The molecule has 1 aromatic carbocycles. The van der Waals surface area contributed by atoms with Gasteiger partial charge in [-0.05, 0) is 37.6 Å². The summed E-state index contributed by atoms with van der Waals surface area (Å²) in [7, 11) is 1.64. The first-order chi connectivity index (χ1) is 9.10.